The van der Waals surface area contributed by atoms with Gasteiger partial charge in [-0.15, -0.1) is 0 Å². The molecule has 0 heterocycles. The molecule has 0 radical (unpaired) electrons. The largest absolute Gasteiger partial charge is 0.760 e. The van der Waals surface area contributed by atoms with Crippen LogP contribution in [0.2, 0.25) is 0 Å². The van der Waals surface area contributed by atoms with Gasteiger partial charge in [0.2, 0.25) is 0 Å². The zero-order chi connectivity index (χ0) is 7.86. The van der Waals surface area contributed by atoms with Crippen LogP contribution in [0.15, 0.2) is 0 Å². The molecule has 1 N–H and O–H groups in total. The van der Waals surface area contributed by atoms with Crippen molar-refractivity contribution >= 4 is 11.3 Å². The Morgan fingerprint density at radius 1 is 1.44 bits per heavy atom. The summed E-state index contributed by atoms with van der Waals surface area (Å²) in [7, 11) is 1.34. The van der Waals surface area contributed by atoms with E-state index in [9.17, 15) is 8.76 Å². The van der Waals surface area contributed by atoms with Crippen LogP contribution in [0.1, 0.15) is 20.8 Å². The van der Waals surface area contributed by atoms with Crippen molar-refractivity contribution in [3.8, 4) is 0 Å². The van der Waals surface area contributed by atoms with Crippen molar-refractivity contribution < 1.29 is 8.76 Å². The fraction of sp³-hybridized carbons (Fsp3) is 1.00. The Balaban J connectivity index is 0. The zero-order valence-corrected chi connectivity index (χ0v) is 7.12. The molecule has 0 bridgehead atoms. The average Bonchev–Trinajstić information content (AvgIpc) is 1.65. The van der Waals surface area contributed by atoms with E-state index in [0.717, 1.165) is 5.92 Å². The molecule has 1 unspecified atom stereocenters. The third-order valence-electron chi connectivity index (χ3n) is 0.167. The van der Waals surface area contributed by atoms with Crippen molar-refractivity contribution in [2.24, 2.45) is 5.92 Å². The van der Waals surface area contributed by atoms with Crippen molar-refractivity contribution in [3.63, 3.8) is 0 Å². The quantitative estimate of drug-likeness (QED) is 0.561. The summed E-state index contributed by atoms with van der Waals surface area (Å²) in [5, 5.41) is 0. The predicted molar refractivity (Wildman–Crippen MR) is 38.5 cm³/mol. The van der Waals surface area contributed by atoms with Crippen molar-refractivity contribution in [1.29, 1.82) is 0 Å². The standard InChI is InChI=1S/C4H10.CH5NO2S/c1-4(2)3;1-2-5(3)4/h4H,1-3H3;2H,1H3,(H,3,4)/p-1. The van der Waals surface area contributed by atoms with E-state index in [1.54, 1.807) is 0 Å². The minimum absolute atomic E-state index is 0.833. The highest BCUT2D eigenvalue weighted by molar-refractivity contribution is 7.77. The molecular formula is C5H14NO2S-. The van der Waals surface area contributed by atoms with Gasteiger partial charge in [0.15, 0.2) is 0 Å². The van der Waals surface area contributed by atoms with E-state index in [2.05, 4.69) is 20.8 Å². The molecule has 0 saturated heterocycles. The van der Waals surface area contributed by atoms with Crippen molar-refractivity contribution in [3.05, 3.63) is 0 Å². The normalized spacial score (nSPS) is 12.2. The van der Waals surface area contributed by atoms with Gasteiger partial charge in [-0.05, 0) is 13.0 Å². The van der Waals surface area contributed by atoms with Crippen LogP contribution in [-0.4, -0.2) is 15.8 Å². The molecule has 58 valence electrons. The first-order chi connectivity index (χ1) is 4.00. The van der Waals surface area contributed by atoms with Gasteiger partial charge in [0.1, 0.15) is 0 Å². The van der Waals surface area contributed by atoms with Gasteiger partial charge < -0.3 is 4.55 Å². The maximum atomic E-state index is 9.26. The first-order valence-corrected chi connectivity index (χ1v) is 3.84. The lowest BCUT2D eigenvalue weighted by atomic mass is 10.3. The molecular weight excluding hydrogens is 138 g/mol. The molecule has 0 fully saturated rings. The minimum atomic E-state index is -2.07. The molecule has 4 heteroatoms. The summed E-state index contributed by atoms with van der Waals surface area (Å²) in [5.74, 6) is 0.833. The lowest BCUT2D eigenvalue weighted by molar-refractivity contribution is 0.529. The zero-order valence-electron chi connectivity index (χ0n) is 6.30. The molecule has 0 aromatic carbocycles. The summed E-state index contributed by atoms with van der Waals surface area (Å²) >= 11 is -2.07. The van der Waals surface area contributed by atoms with E-state index in [0.29, 0.717) is 0 Å². The van der Waals surface area contributed by atoms with Crippen molar-refractivity contribution in [2.75, 3.05) is 7.05 Å². The van der Waals surface area contributed by atoms with E-state index >= 15 is 0 Å². The van der Waals surface area contributed by atoms with Gasteiger partial charge in [-0.3, -0.25) is 8.93 Å². The molecule has 0 aromatic heterocycles. The molecule has 0 aliphatic heterocycles. The highest BCUT2D eigenvalue weighted by Crippen LogP contribution is 1.81. The Hall–Kier alpha value is 0.0700. The Morgan fingerprint density at radius 2 is 1.56 bits per heavy atom. The monoisotopic (exact) mass is 152 g/mol. The lowest BCUT2D eigenvalue weighted by Crippen LogP contribution is -2.07. The highest BCUT2D eigenvalue weighted by Gasteiger charge is 1.68. The molecule has 0 amide bonds. The molecule has 0 saturated carbocycles. The third-order valence-corrected chi connectivity index (χ3v) is 0.500. The molecule has 1 atom stereocenters. The summed E-state index contributed by atoms with van der Waals surface area (Å²) in [6.07, 6.45) is 0. The van der Waals surface area contributed by atoms with Crippen LogP contribution in [0.5, 0.6) is 0 Å². The van der Waals surface area contributed by atoms with E-state index in [1.165, 1.54) is 7.05 Å². The van der Waals surface area contributed by atoms with Crippen molar-refractivity contribution in [1.82, 2.24) is 4.72 Å². The highest BCUT2D eigenvalue weighted by atomic mass is 32.2. The predicted octanol–water partition coefficient (Wildman–Crippen LogP) is 0.662. The van der Waals surface area contributed by atoms with Crippen LogP contribution in [0.4, 0.5) is 0 Å². The smallest absolute Gasteiger partial charge is 0.0178 e. The van der Waals surface area contributed by atoms with Gasteiger partial charge in [-0.1, -0.05) is 20.8 Å². The van der Waals surface area contributed by atoms with Crippen LogP contribution in [-0.2, 0) is 11.3 Å². The van der Waals surface area contributed by atoms with E-state index in [-0.39, 0.29) is 0 Å². The SMILES string of the molecule is CC(C)C.CNS(=O)[O-]. The second-order valence-electron chi connectivity index (χ2n) is 2.17. The summed E-state index contributed by atoms with van der Waals surface area (Å²) in [4.78, 5) is 0. The fourth-order valence-electron chi connectivity index (χ4n) is 0. The molecule has 0 spiro atoms. The number of hydrogen-bond acceptors (Lipinski definition) is 2. The van der Waals surface area contributed by atoms with Crippen molar-refractivity contribution in [2.45, 2.75) is 20.8 Å². The van der Waals surface area contributed by atoms with E-state index < -0.39 is 11.3 Å². The second-order valence-corrected chi connectivity index (χ2v) is 3.05. The maximum Gasteiger partial charge on any atom is 0.0178 e. The minimum Gasteiger partial charge on any atom is -0.760 e. The van der Waals surface area contributed by atoms with Gasteiger partial charge in [0.05, 0.1) is 0 Å². The first-order valence-electron chi connectivity index (χ1n) is 2.77. The Morgan fingerprint density at radius 3 is 1.56 bits per heavy atom. The number of rotatable bonds is 1. The number of hydrogen-bond donors (Lipinski definition) is 1. The van der Waals surface area contributed by atoms with Gasteiger partial charge in [0, 0.05) is 11.3 Å². The molecule has 0 rings (SSSR count). The molecule has 0 aromatic rings. The van der Waals surface area contributed by atoms with Gasteiger partial charge in [-0.25, -0.2) is 0 Å². The lowest BCUT2D eigenvalue weighted by Gasteiger charge is -1.95. The van der Waals surface area contributed by atoms with E-state index in [1.807, 2.05) is 4.72 Å². The van der Waals surface area contributed by atoms with Crippen LogP contribution in [0.3, 0.4) is 0 Å². The summed E-state index contributed by atoms with van der Waals surface area (Å²) in [6, 6.07) is 0. The molecule has 0 aliphatic rings. The van der Waals surface area contributed by atoms with Gasteiger partial charge >= 0.3 is 0 Å². The first kappa shape index (κ1) is 11.8. The van der Waals surface area contributed by atoms with E-state index in [4.69, 9.17) is 0 Å². The second kappa shape index (κ2) is 8.07. The number of nitrogens with one attached hydrogen (secondary N) is 1. The summed E-state index contributed by atoms with van der Waals surface area (Å²) in [6.45, 7) is 6.50. The third kappa shape index (κ3) is 69.4. The molecule has 3 nitrogen and oxygen atoms in total. The molecule has 9 heavy (non-hydrogen) atoms. The van der Waals surface area contributed by atoms with Crippen LogP contribution >= 0.6 is 0 Å². The average molecular weight is 152 g/mol. The topological polar surface area (TPSA) is 52.2 Å². The molecule has 0 aliphatic carbocycles. The van der Waals surface area contributed by atoms with Crippen LogP contribution in [0.25, 0.3) is 0 Å². The summed E-state index contributed by atoms with van der Waals surface area (Å²) in [5.41, 5.74) is 0. The maximum absolute atomic E-state index is 9.26. The van der Waals surface area contributed by atoms with Crippen LogP contribution in [0, 0.1) is 5.92 Å². The van der Waals surface area contributed by atoms with Gasteiger partial charge in [-0.2, -0.15) is 0 Å². The van der Waals surface area contributed by atoms with Crippen LogP contribution < -0.4 is 4.72 Å². The Bertz CT molecular complexity index is 72.6. The van der Waals surface area contributed by atoms with Gasteiger partial charge in [0.25, 0.3) is 0 Å². The Labute approximate surface area is 59.3 Å². The fourth-order valence-corrected chi connectivity index (χ4v) is 0. The Kier molecular flexibility index (Phi) is 10.6. The summed E-state index contributed by atoms with van der Waals surface area (Å²) < 4.78 is 20.5.